The SMILES string of the molecule is C[C@H]1SCCN(C(=O)NC2CC(C)(C)NC(C)(C)C2)[C@H]1C. The second kappa shape index (κ2) is 5.99. The van der Waals surface area contributed by atoms with E-state index in [1.807, 2.05) is 16.7 Å². The standard InChI is InChI=1S/C16H31N3OS/c1-11-12(2)21-8-7-19(11)14(20)17-13-9-15(3,4)18-16(5,6)10-13/h11-13,18H,7-10H2,1-6H3,(H,17,20)/t11-,12+/m0/s1. The summed E-state index contributed by atoms with van der Waals surface area (Å²) in [7, 11) is 0. The molecule has 0 aromatic carbocycles. The highest BCUT2D eigenvalue weighted by molar-refractivity contribution is 8.00. The fraction of sp³-hybridized carbons (Fsp3) is 0.938. The molecule has 0 aromatic rings. The Bertz CT molecular complexity index is 381. The van der Waals surface area contributed by atoms with Crippen LogP contribution in [0.15, 0.2) is 0 Å². The molecule has 2 amide bonds. The van der Waals surface area contributed by atoms with E-state index in [0.717, 1.165) is 25.1 Å². The van der Waals surface area contributed by atoms with E-state index in [2.05, 4.69) is 52.2 Å². The Kier molecular flexibility index (Phi) is 4.84. The van der Waals surface area contributed by atoms with Gasteiger partial charge in [-0.3, -0.25) is 0 Å². The van der Waals surface area contributed by atoms with Crippen molar-refractivity contribution in [1.82, 2.24) is 15.5 Å². The van der Waals surface area contributed by atoms with E-state index < -0.39 is 0 Å². The van der Waals surface area contributed by atoms with E-state index in [1.54, 1.807) is 0 Å². The van der Waals surface area contributed by atoms with Gasteiger partial charge in [-0.25, -0.2) is 4.79 Å². The van der Waals surface area contributed by atoms with Gasteiger partial charge in [0.2, 0.25) is 0 Å². The van der Waals surface area contributed by atoms with E-state index in [-0.39, 0.29) is 23.2 Å². The van der Waals surface area contributed by atoms with Crippen LogP contribution in [-0.2, 0) is 0 Å². The zero-order valence-electron chi connectivity index (χ0n) is 14.3. The lowest BCUT2D eigenvalue weighted by molar-refractivity contribution is 0.134. The fourth-order valence-electron chi connectivity index (χ4n) is 3.90. The summed E-state index contributed by atoms with van der Waals surface area (Å²) in [5.74, 6) is 1.04. The smallest absolute Gasteiger partial charge is 0.317 e. The van der Waals surface area contributed by atoms with Crippen LogP contribution >= 0.6 is 11.8 Å². The zero-order valence-corrected chi connectivity index (χ0v) is 15.1. The first-order valence-electron chi connectivity index (χ1n) is 8.08. The largest absolute Gasteiger partial charge is 0.335 e. The Balaban J connectivity index is 1.99. The first-order chi connectivity index (χ1) is 9.60. The van der Waals surface area contributed by atoms with Crippen LogP contribution in [0.5, 0.6) is 0 Å². The molecule has 0 saturated carbocycles. The van der Waals surface area contributed by atoms with Crippen molar-refractivity contribution in [2.45, 2.75) is 82.8 Å². The van der Waals surface area contributed by atoms with Crippen LogP contribution in [0.2, 0.25) is 0 Å². The van der Waals surface area contributed by atoms with Gasteiger partial charge in [-0.2, -0.15) is 11.8 Å². The van der Waals surface area contributed by atoms with Gasteiger partial charge in [0, 0.05) is 40.7 Å². The number of piperidine rings is 1. The average Bonchev–Trinajstić information content (AvgIpc) is 2.28. The molecule has 2 aliphatic rings. The molecule has 0 aliphatic carbocycles. The lowest BCUT2D eigenvalue weighted by Gasteiger charge is -2.47. The highest BCUT2D eigenvalue weighted by Crippen LogP contribution is 2.29. The summed E-state index contributed by atoms with van der Waals surface area (Å²) in [5.41, 5.74) is 0.132. The molecule has 2 fully saturated rings. The number of amides is 2. The van der Waals surface area contributed by atoms with Gasteiger partial charge in [0.25, 0.3) is 0 Å². The lowest BCUT2D eigenvalue weighted by Crippen LogP contribution is -2.63. The van der Waals surface area contributed by atoms with Crippen LogP contribution in [0.4, 0.5) is 4.79 Å². The second-order valence-corrected chi connectivity index (χ2v) is 9.44. The normalized spacial score (nSPS) is 32.8. The quantitative estimate of drug-likeness (QED) is 0.782. The highest BCUT2D eigenvalue weighted by atomic mass is 32.2. The molecule has 0 unspecified atom stereocenters. The van der Waals surface area contributed by atoms with Crippen molar-refractivity contribution in [2.24, 2.45) is 0 Å². The van der Waals surface area contributed by atoms with Crippen LogP contribution in [0.25, 0.3) is 0 Å². The Morgan fingerprint density at radius 3 is 2.33 bits per heavy atom. The van der Waals surface area contributed by atoms with Crippen molar-refractivity contribution < 1.29 is 4.79 Å². The van der Waals surface area contributed by atoms with Gasteiger partial charge >= 0.3 is 6.03 Å². The number of rotatable bonds is 1. The Morgan fingerprint density at radius 2 is 1.76 bits per heavy atom. The van der Waals surface area contributed by atoms with Crippen molar-refractivity contribution in [2.75, 3.05) is 12.3 Å². The van der Waals surface area contributed by atoms with Gasteiger partial charge in [-0.15, -0.1) is 0 Å². The van der Waals surface area contributed by atoms with Crippen molar-refractivity contribution in [3.63, 3.8) is 0 Å². The maximum absolute atomic E-state index is 12.6. The molecule has 21 heavy (non-hydrogen) atoms. The number of urea groups is 1. The van der Waals surface area contributed by atoms with E-state index in [0.29, 0.717) is 11.3 Å². The lowest BCUT2D eigenvalue weighted by atomic mass is 9.79. The van der Waals surface area contributed by atoms with E-state index in [4.69, 9.17) is 0 Å². The molecular formula is C16H31N3OS. The molecule has 2 heterocycles. The third-order valence-electron chi connectivity index (χ3n) is 4.66. The summed E-state index contributed by atoms with van der Waals surface area (Å²) in [4.78, 5) is 14.6. The van der Waals surface area contributed by atoms with Crippen LogP contribution in [-0.4, -0.2) is 51.6 Å². The maximum atomic E-state index is 12.6. The summed E-state index contributed by atoms with van der Waals surface area (Å²) in [5, 5.41) is 7.47. The number of hydrogen-bond acceptors (Lipinski definition) is 3. The summed E-state index contributed by atoms with van der Waals surface area (Å²) in [6, 6.07) is 0.681. The number of nitrogens with zero attached hydrogens (tertiary/aromatic N) is 1. The summed E-state index contributed by atoms with van der Waals surface area (Å²) in [6.07, 6.45) is 1.96. The van der Waals surface area contributed by atoms with Crippen molar-refractivity contribution >= 4 is 17.8 Å². The van der Waals surface area contributed by atoms with Crippen molar-refractivity contribution in [3.8, 4) is 0 Å². The minimum Gasteiger partial charge on any atom is -0.335 e. The minimum absolute atomic E-state index is 0.0658. The summed E-state index contributed by atoms with van der Waals surface area (Å²) >= 11 is 1.96. The van der Waals surface area contributed by atoms with Crippen molar-refractivity contribution in [3.05, 3.63) is 0 Å². The number of hydrogen-bond donors (Lipinski definition) is 2. The minimum atomic E-state index is 0.0658. The Hall–Kier alpha value is -0.420. The molecular weight excluding hydrogens is 282 g/mol. The van der Waals surface area contributed by atoms with E-state index in [1.165, 1.54) is 0 Å². The average molecular weight is 314 g/mol. The molecule has 5 heteroatoms. The van der Waals surface area contributed by atoms with Gasteiger partial charge in [0.15, 0.2) is 0 Å². The maximum Gasteiger partial charge on any atom is 0.317 e. The van der Waals surface area contributed by atoms with Gasteiger partial charge in [0.05, 0.1) is 0 Å². The van der Waals surface area contributed by atoms with Crippen molar-refractivity contribution in [1.29, 1.82) is 0 Å². The molecule has 0 radical (unpaired) electrons. The summed E-state index contributed by atoms with van der Waals surface area (Å²) < 4.78 is 0. The fourth-order valence-corrected chi connectivity index (χ4v) is 5.00. The predicted octanol–water partition coefficient (Wildman–Crippen LogP) is 2.83. The van der Waals surface area contributed by atoms with Gasteiger partial charge < -0.3 is 15.5 Å². The molecule has 2 atom stereocenters. The van der Waals surface area contributed by atoms with E-state index >= 15 is 0 Å². The molecule has 0 aromatic heterocycles. The molecule has 4 nitrogen and oxygen atoms in total. The first kappa shape index (κ1) is 16.9. The number of thioether (sulfide) groups is 1. The molecule has 0 bridgehead atoms. The van der Waals surface area contributed by atoms with Crippen LogP contribution in [0, 0.1) is 0 Å². The van der Waals surface area contributed by atoms with E-state index in [9.17, 15) is 4.79 Å². The topological polar surface area (TPSA) is 44.4 Å². The third kappa shape index (κ3) is 4.28. The molecule has 2 N–H and O–H groups in total. The molecule has 2 aliphatic heterocycles. The molecule has 2 rings (SSSR count). The number of nitrogens with one attached hydrogen (secondary N) is 2. The molecule has 122 valence electrons. The third-order valence-corrected chi connectivity index (χ3v) is 6.00. The Labute approximate surface area is 133 Å². The second-order valence-electron chi connectivity index (χ2n) is 7.96. The van der Waals surface area contributed by atoms with Crippen LogP contribution < -0.4 is 10.6 Å². The highest BCUT2D eigenvalue weighted by Gasteiger charge is 2.39. The monoisotopic (exact) mass is 313 g/mol. The molecule has 2 saturated heterocycles. The van der Waals surface area contributed by atoms with Gasteiger partial charge in [-0.05, 0) is 47.5 Å². The zero-order chi connectivity index (χ0) is 15.8. The van der Waals surface area contributed by atoms with Crippen LogP contribution in [0.1, 0.15) is 54.4 Å². The predicted molar refractivity (Wildman–Crippen MR) is 90.9 cm³/mol. The summed E-state index contributed by atoms with van der Waals surface area (Å²) in [6.45, 7) is 14.1. The first-order valence-corrected chi connectivity index (χ1v) is 9.13. The van der Waals surface area contributed by atoms with Crippen LogP contribution in [0.3, 0.4) is 0 Å². The van der Waals surface area contributed by atoms with Gasteiger partial charge in [0.1, 0.15) is 0 Å². The van der Waals surface area contributed by atoms with Gasteiger partial charge in [-0.1, -0.05) is 6.92 Å². The Morgan fingerprint density at radius 1 is 1.19 bits per heavy atom. The molecule has 0 spiro atoms. The number of carbonyl (C=O) groups is 1. The number of carbonyl (C=O) groups excluding carboxylic acids is 1.